The predicted molar refractivity (Wildman–Crippen MR) is 116 cm³/mol. The second kappa shape index (κ2) is 9.71. The van der Waals surface area contributed by atoms with Gasteiger partial charge in [-0.1, -0.05) is 18.2 Å². The molecule has 2 heterocycles. The molecule has 1 saturated heterocycles. The molecule has 2 amide bonds. The molecule has 1 fully saturated rings. The molecule has 1 aliphatic rings. The summed E-state index contributed by atoms with van der Waals surface area (Å²) >= 11 is 0. The molecule has 160 valence electrons. The van der Waals surface area contributed by atoms with Gasteiger partial charge in [0.25, 0.3) is 5.91 Å². The molecule has 1 unspecified atom stereocenters. The Morgan fingerprint density at radius 3 is 2.70 bits per heavy atom. The van der Waals surface area contributed by atoms with Gasteiger partial charge in [-0.15, -0.1) is 0 Å². The normalized spacial score (nSPS) is 16.2. The van der Waals surface area contributed by atoms with Crippen LogP contribution in [0.1, 0.15) is 52.4 Å². The van der Waals surface area contributed by atoms with Crippen LogP contribution in [0, 0.1) is 6.92 Å². The first-order valence-electron chi connectivity index (χ1n) is 10.3. The summed E-state index contributed by atoms with van der Waals surface area (Å²) in [6, 6.07) is 9.11. The fraction of sp³-hybridized carbons (Fsp3) is 0.435. The van der Waals surface area contributed by atoms with E-state index in [-0.39, 0.29) is 17.4 Å². The van der Waals surface area contributed by atoms with Crippen molar-refractivity contribution in [1.82, 2.24) is 10.2 Å². The van der Waals surface area contributed by atoms with E-state index in [2.05, 4.69) is 10.6 Å². The molecule has 0 spiro atoms. The minimum absolute atomic E-state index is 0.0143. The molecule has 1 aliphatic heterocycles. The molecule has 1 aromatic heterocycles. The second-order valence-corrected chi connectivity index (χ2v) is 7.94. The summed E-state index contributed by atoms with van der Waals surface area (Å²) in [6.07, 6.45) is 2.82. The van der Waals surface area contributed by atoms with Crippen molar-refractivity contribution in [3.63, 3.8) is 0 Å². The van der Waals surface area contributed by atoms with Crippen molar-refractivity contribution in [2.24, 2.45) is 0 Å². The number of amides is 2. The maximum atomic E-state index is 12.9. The van der Waals surface area contributed by atoms with Gasteiger partial charge in [0.1, 0.15) is 11.3 Å². The summed E-state index contributed by atoms with van der Waals surface area (Å²) in [5.74, 6) is 0.294. The summed E-state index contributed by atoms with van der Waals surface area (Å²) in [6.45, 7) is 3.50. The molecule has 30 heavy (non-hydrogen) atoms. The van der Waals surface area contributed by atoms with Crippen molar-refractivity contribution < 1.29 is 14.0 Å². The zero-order chi connectivity index (χ0) is 21.7. The molecule has 0 aliphatic carbocycles. The van der Waals surface area contributed by atoms with Gasteiger partial charge in [0, 0.05) is 38.7 Å². The average Bonchev–Trinajstić information content (AvgIpc) is 2.72. The number of benzene rings is 1. The van der Waals surface area contributed by atoms with Gasteiger partial charge >= 0.3 is 5.63 Å². The number of hydrogen-bond acceptors (Lipinski definition) is 5. The Morgan fingerprint density at radius 1 is 1.27 bits per heavy atom. The van der Waals surface area contributed by atoms with E-state index in [0.29, 0.717) is 29.9 Å². The summed E-state index contributed by atoms with van der Waals surface area (Å²) in [4.78, 5) is 38.9. The number of carbonyl (C=O) groups excluding carboxylic acids is 2. The Morgan fingerprint density at radius 2 is 2.03 bits per heavy atom. The van der Waals surface area contributed by atoms with E-state index >= 15 is 0 Å². The minimum Gasteiger partial charge on any atom is -0.427 e. The lowest BCUT2D eigenvalue weighted by Crippen LogP contribution is -2.30. The molecule has 0 bridgehead atoms. The number of hydrogen-bond donors (Lipinski definition) is 2. The lowest BCUT2D eigenvalue weighted by atomic mass is 9.95. The van der Waals surface area contributed by atoms with Crippen LogP contribution < -0.4 is 16.3 Å². The third-order valence-electron chi connectivity index (χ3n) is 5.47. The Labute approximate surface area is 176 Å². The summed E-state index contributed by atoms with van der Waals surface area (Å²) in [5.41, 5.74) is 1.43. The molecule has 1 atom stereocenters. The number of rotatable bonds is 6. The van der Waals surface area contributed by atoms with Crippen molar-refractivity contribution in [2.75, 3.05) is 32.5 Å². The smallest absolute Gasteiger partial charge is 0.349 e. The van der Waals surface area contributed by atoms with Gasteiger partial charge < -0.3 is 20.0 Å². The van der Waals surface area contributed by atoms with Crippen LogP contribution in [0.5, 0.6) is 0 Å². The topological polar surface area (TPSA) is 91.6 Å². The van der Waals surface area contributed by atoms with Crippen molar-refractivity contribution in [3.8, 4) is 0 Å². The number of piperidine rings is 1. The average molecular weight is 412 g/mol. The maximum absolute atomic E-state index is 12.9. The first-order chi connectivity index (χ1) is 14.4. The first kappa shape index (κ1) is 21.8. The van der Waals surface area contributed by atoms with Crippen molar-refractivity contribution in [2.45, 2.75) is 38.5 Å². The number of nitrogens with zero attached hydrogens (tertiary/aromatic N) is 1. The number of carbonyl (C=O) groups is 2. The lowest BCUT2D eigenvalue weighted by Gasteiger charge is -2.22. The van der Waals surface area contributed by atoms with Crippen LogP contribution in [0.2, 0.25) is 0 Å². The van der Waals surface area contributed by atoms with Crippen LogP contribution in [-0.2, 0) is 11.2 Å². The van der Waals surface area contributed by atoms with E-state index in [0.717, 1.165) is 31.5 Å². The van der Waals surface area contributed by atoms with Gasteiger partial charge in [0.15, 0.2) is 0 Å². The molecule has 0 radical (unpaired) electrons. The Balaban J connectivity index is 1.78. The summed E-state index contributed by atoms with van der Waals surface area (Å²) in [5, 5.41) is 6.13. The van der Waals surface area contributed by atoms with Crippen LogP contribution in [0.15, 0.2) is 39.5 Å². The summed E-state index contributed by atoms with van der Waals surface area (Å²) < 4.78 is 5.52. The van der Waals surface area contributed by atoms with Crippen molar-refractivity contribution >= 4 is 17.5 Å². The van der Waals surface area contributed by atoms with Crippen LogP contribution in [0.3, 0.4) is 0 Å². The van der Waals surface area contributed by atoms with Gasteiger partial charge in [0.05, 0.1) is 0 Å². The third-order valence-corrected chi connectivity index (χ3v) is 5.47. The van der Waals surface area contributed by atoms with Crippen LogP contribution >= 0.6 is 0 Å². The zero-order valence-electron chi connectivity index (χ0n) is 17.8. The van der Waals surface area contributed by atoms with Gasteiger partial charge in [-0.25, -0.2) is 4.79 Å². The fourth-order valence-corrected chi connectivity index (χ4v) is 3.71. The Bertz CT molecular complexity index is 975. The minimum atomic E-state index is -0.617. The molecule has 0 saturated carbocycles. The van der Waals surface area contributed by atoms with E-state index in [9.17, 15) is 14.4 Å². The highest BCUT2D eigenvalue weighted by atomic mass is 16.4. The third kappa shape index (κ3) is 5.16. The van der Waals surface area contributed by atoms with E-state index in [1.807, 2.05) is 12.1 Å². The largest absolute Gasteiger partial charge is 0.427 e. The quantitative estimate of drug-likeness (QED) is 0.763. The Kier molecular flexibility index (Phi) is 7.05. The van der Waals surface area contributed by atoms with E-state index in [1.165, 1.54) is 0 Å². The van der Waals surface area contributed by atoms with Gasteiger partial charge in [-0.05, 0) is 56.0 Å². The van der Waals surface area contributed by atoms with Crippen LogP contribution in [-0.4, -0.2) is 43.9 Å². The number of anilines is 1. The standard InChI is InChI=1S/C23H29N3O4/c1-15-13-19(17-8-6-12-24-14-17)30-23(29)21(15)22(28)25-18-9-5-4-7-16(18)10-11-20(27)26(2)3/h4-5,7,9,13,17,24H,6,8,10-12,14H2,1-3H3,(H,25,28). The highest BCUT2D eigenvalue weighted by Crippen LogP contribution is 2.24. The van der Waals surface area contributed by atoms with E-state index in [1.54, 1.807) is 44.1 Å². The molecular formula is C23H29N3O4. The lowest BCUT2D eigenvalue weighted by molar-refractivity contribution is -0.128. The molecule has 2 N–H and O–H groups in total. The number of aryl methyl sites for hydroxylation is 2. The predicted octanol–water partition coefficient (Wildman–Crippen LogP) is 2.69. The van der Waals surface area contributed by atoms with Crippen molar-refractivity contribution in [3.05, 3.63) is 63.2 Å². The summed E-state index contributed by atoms with van der Waals surface area (Å²) in [7, 11) is 3.43. The van der Waals surface area contributed by atoms with Gasteiger partial charge in [0.2, 0.25) is 5.91 Å². The van der Waals surface area contributed by atoms with Gasteiger partial charge in [-0.2, -0.15) is 0 Å². The van der Waals surface area contributed by atoms with E-state index in [4.69, 9.17) is 4.42 Å². The molecular weight excluding hydrogens is 382 g/mol. The van der Waals surface area contributed by atoms with E-state index < -0.39 is 11.5 Å². The highest BCUT2D eigenvalue weighted by Gasteiger charge is 2.23. The fourth-order valence-electron chi connectivity index (χ4n) is 3.71. The molecule has 2 aromatic rings. The Hall–Kier alpha value is -2.93. The number of nitrogens with one attached hydrogen (secondary N) is 2. The van der Waals surface area contributed by atoms with Crippen LogP contribution in [0.4, 0.5) is 5.69 Å². The number of para-hydroxylation sites is 1. The monoisotopic (exact) mass is 411 g/mol. The SMILES string of the molecule is Cc1cc(C2CCCNC2)oc(=O)c1C(=O)Nc1ccccc1CCC(=O)N(C)C. The maximum Gasteiger partial charge on any atom is 0.349 e. The highest BCUT2D eigenvalue weighted by molar-refractivity contribution is 6.05. The molecule has 3 rings (SSSR count). The second-order valence-electron chi connectivity index (χ2n) is 7.94. The van der Waals surface area contributed by atoms with Crippen molar-refractivity contribution in [1.29, 1.82) is 0 Å². The molecule has 7 heteroatoms. The molecule has 7 nitrogen and oxygen atoms in total. The molecule has 1 aromatic carbocycles. The zero-order valence-corrected chi connectivity index (χ0v) is 17.8. The van der Waals surface area contributed by atoms with Crippen LogP contribution in [0.25, 0.3) is 0 Å². The first-order valence-corrected chi connectivity index (χ1v) is 10.3. The van der Waals surface area contributed by atoms with Gasteiger partial charge in [-0.3, -0.25) is 9.59 Å².